The summed E-state index contributed by atoms with van der Waals surface area (Å²) in [6.45, 7) is 8.30. The molecule has 23 heavy (non-hydrogen) atoms. The van der Waals surface area contributed by atoms with Gasteiger partial charge in [0, 0.05) is 37.8 Å². The average Bonchev–Trinajstić information content (AvgIpc) is 2.55. The highest BCUT2D eigenvalue weighted by Crippen LogP contribution is 2.22. The minimum absolute atomic E-state index is 0.0688. The van der Waals surface area contributed by atoms with E-state index in [0.717, 1.165) is 26.3 Å². The second kappa shape index (κ2) is 7.90. The van der Waals surface area contributed by atoms with Crippen molar-refractivity contribution in [3.8, 4) is 6.07 Å². The minimum atomic E-state index is -0.491. The zero-order chi connectivity index (χ0) is 16.8. The number of nitro groups is 1. The Hall–Kier alpha value is -2.17. The van der Waals surface area contributed by atoms with Crippen LogP contribution >= 0.6 is 0 Å². The van der Waals surface area contributed by atoms with Gasteiger partial charge in [-0.15, -0.1) is 0 Å². The number of hydrogen-bond donors (Lipinski definition) is 1. The summed E-state index contributed by atoms with van der Waals surface area (Å²) in [5, 5.41) is 23.3. The molecule has 1 saturated heterocycles. The lowest BCUT2D eigenvalue weighted by Crippen LogP contribution is -2.49. The molecule has 2 rings (SSSR count). The van der Waals surface area contributed by atoms with Crippen molar-refractivity contribution in [2.24, 2.45) is 5.92 Å². The van der Waals surface area contributed by atoms with Gasteiger partial charge in [0.15, 0.2) is 0 Å². The fourth-order valence-corrected chi connectivity index (χ4v) is 2.80. The number of hydrogen-bond acceptors (Lipinski definition) is 6. The molecule has 0 spiro atoms. The van der Waals surface area contributed by atoms with Gasteiger partial charge in [-0.1, -0.05) is 13.8 Å². The molecule has 1 fully saturated rings. The molecule has 0 amide bonds. The Morgan fingerprint density at radius 3 is 2.70 bits per heavy atom. The summed E-state index contributed by atoms with van der Waals surface area (Å²) in [5.41, 5.74) is 0.862. The van der Waals surface area contributed by atoms with E-state index in [2.05, 4.69) is 24.1 Å². The van der Waals surface area contributed by atoms with E-state index in [0.29, 0.717) is 29.8 Å². The lowest BCUT2D eigenvalue weighted by Gasteiger charge is -2.37. The first-order chi connectivity index (χ1) is 11.0. The molecule has 1 aromatic rings. The predicted octanol–water partition coefficient (Wildman–Crippen LogP) is 2.24. The third-order valence-electron chi connectivity index (χ3n) is 4.12. The Labute approximate surface area is 136 Å². The van der Waals surface area contributed by atoms with Gasteiger partial charge in [-0.05, 0) is 12.0 Å². The molecule has 0 bridgehead atoms. The number of morpholine rings is 1. The SMILES string of the molecule is CC(C)C(CNc1ccc([N+](=O)[O-])cc1C#N)N1CCOCC1. The second-order valence-corrected chi connectivity index (χ2v) is 5.94. The molecule has 1 heterocycles. The van der Waals surface area contributed by atoms with Crippen molar-refractivity contribution in [2.75, 3.05) is 38.2 Å². The number of anilines is 1. The van der Waals surface area contributed by atoms with Gasteiger partial charge in [-0.2, -0.15) is 5.26 Å². The summed E-state index contributed by atoms with van der Waals surface area (Å²) >= 11 is 0. The molecule has 0 radical (unpaired) electrons. The van der Waals surface area contributed by atoms with Crippen molar-refractivity contribution >= 4 is 11.4 Å². The van der Waals surface area contributed by atoms with Gasteiger partial charge in [0.25, 0.3) is 5.69 Å². The first-order valence-corrected chi connectivity index (χ1v) is 7.77. The van der Waals surface area contributed by atoms with Gasteiger partial charge >= 0.3 is 0 Å². The van der Waals surface area contributed by atoms with E-state index in [4.69, 9.17) is 4.74 Å². The lowest BCUT2D eigenvalue weighted by atomic mass is 10.0. The van der Waals surface area contributed by atoms with Crippen LogP contribution in [0.3, 0.4) is 0 Å². The molecule has 1 aliphatic heterocycles. The monoisotopic (exact) mass is 318 g/mol. The molecule has 1 aromatic carbocycles. The van der Waals surface area contributed by atoms with Crippen LogP contribution in [0.25, 0.3) is 0 Å². The summed E-state index contributed by atoms with van der Waals surface area (Å²) in [5.74, 6) is 0.448. The largest absolute Gasteiger partial charge is 0.382 e. The smallest absolute Gasteiger partial charge is 0.270 e. The number of nitriles is 1. The Bertz CT molecular complexity index is 591. The van der Waals surface area contributed by atoms with Crippen LogP contribution < -0.4 is 5.32 Å². The number of nitro benzene ring substituents is 1. The first-order valence-electron chi connectivity index (χ1n) is 7.77. The van der Waals surface area contributed by atoms with Gasteiger partial charge in [-0.25, -0.2) is 0 Å². The number of nitrogens with one attached hydrogen (secondary N) is 1. The lowest BCUT2D eigenvalue weighted by molar-refractivity contribution is -0.384. The van der Waals surface area contributed by atoms with E-state index in [9.17, 15) is 15.4 Å². The van der Waals surface area contributed by atoms with Crippen molar-refractivity contribution in [1.29, 1.82) is 5.26 Å². The topological polar surface area (TPSA) is 91.4 Å². The molecular weight excluding hydrogens is 296 g/mol. The highest BCUT2D eigenvalue weighted by Gasteiger charge is 2.24. The molecule has 1 aliphatic rings. The van der Waals surface area contributed by atoms with E-state index < -0.39 is 4.92 Å². The van der Waals surface area contributed by atoms with Crippen LogP contribution in [-0.4, -0.2) is 48.7 Å². The normalized spacial score (nSPS) is 16.8. The molecule has 1 N–H and O–H groups in total. The molecule has 0 saturated carbocycles. The maximum absolute atomic E-state index is 10.8. The number of non-ortho nitro benzene ring substituents is 1. The van der Waals surface area contributed by atoms with Gasteiger partial charge in [0.1, 0.15) is 6.07 Å². The van der Waals surface area contributed by atoms with Crippen molar-refractivity contribution < 1.29 is 9.66 Å². The highest BCUT2D eigenvalue weighted by molar-refractivity contribution is 5.61. The van der Waals surface area contributed by atoms with Crippen LogP contribution in [0.4, 0.5) is 11.4 Å². The highest BCUT2D eigenvalue weighted by atomic mass is 16.6. The van der Waals surface area contributed by atoms with E-state index in [1.807, 2.05) is 6.07 Å². The van der Waals surface area contributed by atoms with Crippen LogP contribution in [0.1, 0.15) is 19.4 Å². The molecule has 7 nitrogen and oxygen atoms in total. The first kappa shape index (κ1) is 17.2. The van der Waals surface area contributed by atoms with Crippen molar-refractivity contribution in [3.63, 3.8) is 0 Å². The molecule has 0 aromatic heterocycles. The third kappa shape index (κ3) is 4.41. The van der Waals surface area contributed by atoms with Gasteiger partial charge in [0.05, 0.1) is 29.4 Å². The Kier molecular flexibility index (Phi) is 5.90. The molecule has 7 heteroatoms. The Morgan fingerprint density at radius 2 is 2.13 bits per heavy atom. The van der Waals surface area contributed by atoms with E-state index in [1.165, 1.54) is 12.1 Å². The predicted molar refractivity (Wildman–Crippen MR) is 87.3 cm³/mol. The summed E-state index contributed by atoms with van der Waals surface area (Å²) in [4.78, 5) is 12.7. The fourth-order valence-electron chi connectivity index (χ4n) is 2.80. The summed E-state index contributed by atoms with van der Waals surface area (Å²) in [6.07, 6.45) is 0. The number of ether oxygens (including phenoxy) is 1. The van der Waals surface area contributed by atoms with E-state index in [1.54, 1.807) is 6.07 Å². The van der Waals surface area contributed by atoms with Crippen molar-refractivity contribution in [2.45, 2.75) is 19.9 Å². The molecule has 124 valence electrons. The van der Waals surface area contributed by atoms with Crippen molar-refractivity contribution in [1.82, 2.24) is 4.90 Å². The minimum Gasteiger partial charge on any atom is -0.382 e. The number of nitrogens with zero attached hydrogens (tertiary/aromatic N) is 3. The van der Waals surface area contributed by atoms with Crippen LogP contribution in [-0.2, 0) is 4.74 Å². The summed E-state index contributed by atoms with van der Waals surface area (Å²) in [7, 11) is 0. The second-order valence-electron chi connectivity index (χ2n) is 5.94. The average molecular weight is 318 g/mol. The summed E-state index contributed by atoms with van der Waals surface area (Å²) < 4.78 is 5.40. The van der Waals surface area contributed by atoms with Gasteiger partial charge in [0.2, 0.25) is 0 Å². The molecule has 0 aliphatic carbocycles. The zero-order valence-electron chi connectivity index (χ0n) is 13.5. The Balaban J connectivity index is 2.08. The number of benzene rings is 1. The van der Waals surface area contributed by atoms with Gasteiger partial charge < -0.3 is 10.1 Å². The van der Waals surface area contributed by atoms with Crippen molar-refractivity contribution in [3.05, 3.63) is 33.9 Å². The summed E-state index contributed by atoms with van der Waals surface area (Å²) in [6, 6.07) is 6.67. The van der Waals surface area contributed by atoms with Crippen LogP contribution in [0.15, 0.2) is 18.2 Å². The van der Waals surface area contributed by atoms with Crippen LogP contribution in [0.2, 0.25) is 0 Å². The molecule has 1 atom stereocenters. The van der Waals surface area contributed by atoms with E-state index >= 15 is 0 Å². The van der Waals surface area contributed by atoms with E-state index in [-0.39, 0.29) is 5.69 Å². The Morgan fingerprint density at radius 1 is 1.43 bits per heavy atom. The quantitative estimate of drug-likeness (QED) is 0.639. The fraction of sp³-hybridized carbons (Fsp3) is 0.562. The third-order valence-corrected chi connectivity index (χ3v) is 4.12. The molecular formula is C16H22N4O3. The van der Waals surface area contributed by atoms with Gasteiger partial charge in [-0.3, -0.25) is 15.0 Å². The van der Waals surface area contributed by atoms with Crippen LogP contribution in [0.5, 0.6) is 0 Å². The maximum atomic E-state index is 10.8. The zero-order valence-corrected chi connectivity index (χ0v) is 13.5. The van der Waals surface area contributed by atoms with Crippen LogP contribution in [0, 0.1) is 27.4 Å². The number of rotatable bonds is 6. The molecule has 1 unspecified atom stereocenters. The standard InChI is InChI=1S/C16H22N4O3/c1-12(2)16(19-5-7-23-8-6-19)11-18-15-4-3-14(20(21)22)9-13(15)10-17/h3-4,9,12,16,18H,5-8,11H2,1-2H3. The maximum Gasteiger partial charge on any atom is 0.270 e.